The lowest BCUT2D eigenvalue weighted by Gasteiger charge is -2.31. The standard InChI is InChI=1S/C23H26ClN3O2/c24-18-8-9-19-17(12-18)13-20(26-19)23(16-4-2-1-3-5-16)27-21-10-6-15(14-25-21)7-11-22(28)29/h6,8-10,12-14,16,23,26H,1-5,7,11H2,(H,25,27)(H,28,29). The summed E-state index contributed by atoms with van der Waals surface area (Å²) < 4.78 is 0. The Kier molecular flexibility index (Phi) is 6.05. The number of carboxylic acid groups (broad SMARTS) is 1. The number of halogens is 1. The molecule has 3 N–H and O–H groups in total. The maximum Gasteiger partial charge on any atom is 0.303 e. The van der Waals surface area contributed by atoms with Crippen LogP contribution < -0.4 is 5.32 Å². The number of rotatable bonds is 7. The second-order valence-electron chi connectivity index (χ2n) is 7.92. The Balaban J connectivity index is 1.57. The van der Waals surface area contributed by atoms with E-state index in [0.29, 0.717) is 12.3 Å². The van der Waals surface area contributed by atoms with Gasteiger partial charge in [0.15, 0.2) is 0 Å². The zero-order valence-corrected chi connectivity index (χ0v) is 17.1. The first-order valence-electron chi connectivity index (χ1n) is 10.3. The fraction of sp³-hybridized carbons (Fsp3) is 0.391. The predicted molar refractivity (Wildman–Crippen MR) is 116 cm³/mol. The minimum atomic E-state index is -0.788. The molecule has 2 aromatic heterocycles. The van der Waals surface area contributed by atoms with Crippen LogP contribution in [-0.2, 0) is 11.2 Å². The summed E-state index contributed by atoms with van der Waals surface area (Å²) in [4.78, 5) is 18.9. The summed E-state index contributed by atoms with van der Waals surface area (Å²) in [7, 11) is 0. The number of nitrogens with zero attached hydrogens (tertiary/aromatic N) is 1. The van der Waals surface area contributed by atoms with E-state index < -0.39 is 5.97 Å². The fourth-order valence-corrected chi connectivity index (χ4v) is 4.46. The minimum absolute atomic E-state index is 0.122. The van der Waals surface area contributed by atoms with E-state index in [2.05, 4.69) is 21.4 Å². The van der Waals surface area contributed by atoms with Crippen LogP contribution in [0.5, 0.6) is 0 Å². The normalized spacial score (nSPS) is 16.0. The van der Waals surface area contributed by atoms with Gasteiger partial charge in [-0.25, -0.2) is 4.98 Å². The molecule has 4 rings (SSSR count). The SMILES string of the molecule is O=C(O)CCc1ccc(NC(c2cc3cc(Cl)ccc3[nH]2)C2CCCCC2)nc1. The Hall–Kier alpha value is -2.53. The van der Waals surface area contributed by atoms with Crippen molar-refractivity contribution in [2.75, 3.05) is 5.32 Å². The second-order valence-corrected chi connectivity index (χ2v) is 8.36. The summed E-state index contributed by atoms with van der Waals surface area (Å²) in [5.41, 5.74) is 3.18. The van der Waals surface area contributed by atoms with Crippen molar-refractivity contribution in [3.05, 3.63) is 58.9 Å². The maximum atomic E-state index is 10.8. The molecule has 0 aliphatic heterocycles. The van der Waals surface area contributed by atoms with Gasteiger partial charge in [-0.2, -0.15) is 0 Å². The van der Waals surface area contributed by atoms with E-state index in [4.69, 9.17) is 16.7 Å². The molecule has 1 aliphatic rings. The maximum absolute atomic E-state index is 10.8. The Bertz CT molecular complexity index is 977. The molecule has 152 valence electrons. The van der Waals surface area contributed by atoms with Crippen LogP contribution in [0.25, 0.3) is 10.9 Å². The molecule has 6 heteroatoms. The van der Waals surface area contributed by atoms with Crippen molar-refractivity contribution in [3.63, 3.8) is 0 Å². The van der Waals surface area contributed by atoms with Crippen LogP contribution in [0.4, 0.5) is 5.82 Å². The zero-order chi connectivity index (χ0) is 20.2. The van der Waals surface area contributed by atoms with Crippen molar-refractivity contribution >= 4 is 34.3 Å². The molecule has 2 heterocycles. The third kappa shape index (κ3) is 4.91. The molecular formula is C23H26ClN3O2. The van der Waals surface area contributed by atoms with Gasteiger partial charge < -0.3 is 15.4 Å². The smallest absolute Gasteiger partial charge is 0.303 e. The number of anilines is 1. The average molecular weight is 412 g/mol. The van der Waals surface area contributed by atoms with E-state index in [1.165, 1.54) is 32.1 Å². The Morgan fingerprint density at radius 3 is 2.76 bits per heavy atom. The van der Waals surface area contributed by atoms with Gasteiger partial charge >= 0.3 is 5.97 Å². The average Bonchev–Trinajstić information content (AvgIpc) is 3.14. The van der Waals surface area contributed by atoms with Crippen molar-refractivity contribution in [1.82, 2.24) is 9.97 Å². The van der Waals surface area contributed by atoms with Gasteiger partial charge in [-0.05, 0) is 61.1 Å². The van der Waals surface area contributed by atoms with Crippen molar-refractivity contribution in [2.45, 2.75) is 51.0 Å². The fourth-order valence-electron chi connectivity index (χ4n) is 4.28. The van der Waals surface area contributed by atoms with E-state index in [9.17, 15) is 4.79 Å². The summed E-state index contributed by atoms with van der Waals surface area (Å²) in [5, 5.41) is 14.3. The molecule has 29 heavy (non-hydrogen) atoms. The van der Waals surface area contributed by atoms with Crippen LogP contribution in [0.3, 0.4) is 0 Å². The van der Waals surface area contributed by atoms with Crippen molar-refractivity contribution < 1.29 is 9.90 Å². The summed E-state index contributed by atoms with van der Waals surface area (Å²) in [6, 6.07) is 12.2. The van der Waals surface area contributed by atoms with Gasteiger partial charge in [-0.1, -0.05) is 36.9 Å². The molecule has 1 atom stereocenters. The topological polar surface area (TPSA) is 78.0 Å². The first-order valence-corrected chi connectivity index (χ1v) is 10.7. The number of aromatic amines is 1. The number of hydrogen-bond acceptors (Lipinski definition) is 3. The summed E-state index contributed by atoms with van der Waals surface area (Å²) in [6.45, 7) is 0. The van der Waals surface area contributed by atoms with Crippen LogP contribution in [0, 0.1) is 5.92 Å². The molecule has 1 fully saturated rings. The van der Waals surface area contributed by atoms with Crippen LogP contribution in [0.1, 0.15) is 55.8 Å². The van der Waals surface area contributed by atoms with Crippen molar-refractivity contribution in [1.29, 1.82) is 0 Å². The van der Waals surface area contributed by atoms with E-state index in [-0.39, 0.29) is 12.5 Å². The van der Waals surface area contributed by atoms with Gasteiger partial charge in [0.05, 0.1) is 6.04 Å². The Morgan fingerprint density at radius 2 is 2.03 bits per heavy atom. The number of aromatic nitrogens is 2. The van der Waals surface area contributed by atoms with Gasteiger partial charge in [-0.15, -0.1) is 0 Å². The molecular weight excluding hydrogens is 386 g/mol. The third-order valence-corrected chi connectivity index (χ3v) is 6.05. The number of aliphatic carboxylic acids is 1. The molecule has 1 saturated carbocycles. The molecule has 0 saturated heterocycles. The van der Waals surface area contributed by atoms with Crippen LogP contribution in [-0.4, -0.2) is 21.0 Å². The van der Waals surface area contributed by atoms with E-state index in [0.717, 1.165) is 33.0 Å². The number of carboxylic acids is 1. The molecule has 0 amide bonds. The lowest BCUT2D eigenvalue weighted by Crippen LogP contribution is -2.24. The monoisotopic (exact) mass is 411 g/mol. The van der Waals surface area contributed by atoms with Crippen LogP contribution >= 0.6 is 11.6 Å². The number of aryl methyl sites for hydroxylation is 1. The number of H-pyrrole nitrogens is 1. The van der Waals surface area contributed by atoms with Gasteiger partial charge in [-0.3, -0.25) is 4.79 Å². The lowest BCUT2D eigenvalue weighted by atomic mass is 9.82. The first-order chi connectivity index (χ1) is 14.1. The second kappa shape index (κ2) is 8.87. The number of carbonyl (C=O) groups is 1. The molecule has 3 aromatic rings. The molecule has 0 bridgehead atoms. The number of nitrogens with one attached hydrogen (secondary N) is 2. The quantitative estimate of drug-likeness (QED) is 0.447. The van der Waals surface area contributed by atoms with Gasteiger partial charge in [0.2, 0.25) is 0 Å². The highest BCUT2D eigenvalue weighted by Gasteiger charge is 2.26. The molecule has 0 spiro atoms. The highest BCUT2D eigenvalue weighted by atomic mass is 35.5. The largest absolute Gasteiger partial charge is 0.481 e. The summed E-state index contributed by atoms with van der Waals surface area (Å²) in [5.74, 6) is 0.570. The third-order valence-electron chi connectivity index (χ3n) is 5.82. The summed E-state index contributed by atoms with van der Waals surface area (Å²) in [6.07, 6.45) is 8.62. The molecule has 1 unspecified atom stereocenters. The number of pyridine rings is 1. The van der Waals surface area contributed by atoms with Crippen LogP contribution in [0.15, 0.2) is 42.6 Å². The van der Waals surface area contributed by atoms with Crippen LogP contribution in [0.2, 0.25) is 5.02 Å². The van der Waals surface area contributed by atoms with Gasteiger partial charge in [0.1, 0.15) is 5.82 Å². The van der Waals surface area contributed by atoms with E-state index in [1.54, 1.807) is 6.20 Å². The number of benzene rings is 1. The number of hydrogen-bond donors (Lipinski definition) is 3. The first kappa shape index (κ1) is 19.8. The molecule has 1 aliphatic carbocycles. The van der Waals surface area contributed by atoms with E-state index in [1.807, 2.05) is 30.3 Å². The Labute approximate surface area is 175 Å². The zero-order valence-electron chi connectivity index (χ0n) is 16.3. The van der Waals surface area contributed by atoms with Gasteiger partial charge in [0.25, 0.3) is 0 Å². The van der Waals surface area contributed by atoms with Crippen molar-refractivity contribution in [3.8, 4) is 0 Å². The highest BCUT2D eigenvalue weighted by molar-refractivity contribution is 6.31. The van der Waals surface area contributed by atoms with Gasteiger partial charge in [0, 0.05) is 34.2 Å². The van der Waals surface area contributed by atoms with E-state index >= 15 is 0 Å². The molecule has 5 nitrogen and oxygen atoms in total. The minimum Gasteiger partial charge on any atom is -0.481 e. The Morgan fingerprint density at radius 1 is 1.21 bits per heavy atom. The number of fused-ring (bicyclic) bond motifs is 1. The van der Waals surface area contributed by atoms with Crippen molar-refractivity contribution in [2.24, 2.45) is 5.92 Å². The highest BCUT2D eigenvalue weighted by Crippen LogP contribution is 2.37. The molecule has 0 radical (unpaired) electrons. The molecule has 1 aromatic carbocycles. The lowest BCUT2D eigenvalue weighted by molar-refractivity contribution is -0.136. The predicted octanol–water partition coefficient (Wildman–Crippen LogP) is 5.97. The summed E-state index contributed by atoms with van der Waals surface area (Å²) >= 11 is 6.17.